The number of aromatic carboxylic acids is 1. The maximum absolute atomic E-state index is 14.0. The molecule has 2 aromatic carbocycles. The first kappa shape index (κ1) is 23.9. The molecule has 2 bridgehead atoms. The van der Waals surface area contributed by atoms with Crippen LogP contribution in [0.25, 0.3) is 21.5 Å². The van der Waals surface area contributed by atoms with Crippen LogP contribution >= 0.6 is 34.5 Å². The molecule has 2 atom stereocenters. The highest BCUT2D eigenvalue weighted by Crippen LogP contribution is 2.52. The van der Waals surface area contributed by atoms with Crippen LogP contribution in [0.15, 0.2) is 40.4 Å². The predicted molar refractivity (Wildman–Crippen MR) is 143 cm³/mol. The first-order chi connectivity index (χ1) is 18.3. The Labute approximate surface area is 231 Å². The highest BCUT2D eigenvalue weighted by molar-refractivity contribution is 7.16. The number of rotatable bonds is 6. The molecule has 1 N–H and O–H groups in total. The van der Waals surface area contributed by atoms with Crippen LogP contribution in [0.1, 0.15) is 64.5 Å². The van der Waals surface area contributed by atoms with E-state index in [-0.39, 0.29) is 28.7 Å². The molecule has 0 unspecified atom stereocenters. The molecule has 11 heteroatoms. The van der Waals surface area contributed by atoms with Crippen LogP contribution in [0.3, 0.4) is 0 Å². The van der Waals surface area contributed by atoms with Crippen molar-refractivity contribution in [3.63, 3.8) is 0 Å². The van der Waals surface area contributed by atoms with E-state index >= 15 is 0 Å². The van der Waals surface area contributed by atoms with Crippen molar-refractivity contribution >= 4 is 62.4 Å². The van der Waals surface area contributed by atoms with E-state index in [4.69, 9.17) is 32.5 Å². The predicted octanol–water partition coefficient (Wildman–Crippen LogP) is 7.01. The summed E-state index contributed by atoms with van der Waals surface area (Å²) >= 11 is 14.3. The molecule has 2 aliphatic carbocycles. The Bertz CT molecular complexity index is 1610. The molecule has 3 fully saturated rings. The van der Waals surface area contributed by atoms with Crippen molar-refractivity contribution in [2.45, 2.75) is 43.7 Å². The van der Waals surface area contributed by atoms with Crippen molar-refractivity contribution in [3.05, 3.63) is 62.8 Å². The molecular weight excluding hydrogens is 549 g/mol. The summed E-state index contributed by atoms with van der Waals surface area (Å²) in [6.45, 7) is 0.589. The van der Waals surface area contributed by atoms with Gasteiger partial charge in [-0.2, -0.15) is 0 Å². The van der Waals surface area contributed by atoms with E-state index in [1.54, 1.807) is 35.8 Å². The summed E-state index contributed by atoms with van der Waals surface area (Å²) in [7, 11) is 0. The van der Waals surface area contributed by atoms with Crippen LogP contribution < -0.4 is 4.90 Å². The van der Waals surface area contributed by atoms with Crippen LogP contribution in [0.5, 0.6) is 0 Å². The number of carbonyl (C=O) groups is 2. The first-order valence-electron chi connectivity index (χ1n) is 12.4. The fourth-order valence-electron chi connectivity index (χ4n) is 5.91. The molecule has 0 radical (unpaired) electrons. The topological polar surface area (TPSA) is 106 Å². The monoisotopic (exact) mass is 569 g/mol. The van der Waals surface area contributed by atoms with Gasteiger partial charge in [0.15, 0.2) is 11.5 Å². The van der Waals surface area contributed by atoms with E-state index in [2.05, 4.69) is 10.1 Å². The largest absolute Gasteiger partial charge is 0.478 e. The third-order valence-corrected chi connectivity index (χ3v) is 9.23. The zero-order chi connectivity index (χ0) is 26.2. The van der Waals surface area contributed by atoms with Crippen molar-refractivity contribution in [1.82, 2.24) is 10.1 Å². The summed E-state index contributed by atoms with van der Waals surface area (Å²) in [5.74, 6) is -0.771. The number of piperidine rings is 1. The van der Waals surface area contributed by atoms with E-state index in [1.807, 2.05) is 4.90 Å². The van der Waals surface area contributed by atoms with Gasteiger partial charge in [0.1, 0.15) is 11.3 Å². The maximum atomic E-state index is 14.0. The first-order valence-corrected chi connectivity index (χ1v) is 14.0. The smallest absolute Gasteiger partial charge is 0.346 e. The Hall–Kier alpha value is -3.14. The van der Waals surface area contributed by atoms with Crippen LogP contribution in [0, 0.1) is 5.92 Å². The van der Waals surface area contributed by atoms with Crippen molar-refractivity contribution in [2.24, 2.45) is 5.92 Å². The number of ether oxygens (including phenoxy) is 1. The van der Waals surface area contributed by atoms with Gasteiger partial charge < -0.3 is 19.3 Å². The lowest BCUT2D eigenvalue weighted by molar-refractivity contribution is -0.0110. The molecule has 2 saturated carbocycles. The van der Waals surface area contributed by atoms with Crippen LogP contribution in [-0.4, -0.2) is 39.5 Å². The van der Waals surface area contributed by atoms with Gasteiger partial charge in [-0.1, -0.05) is 34.4 Å². The minimum absolute atomic E-state index is 0.0826. The molecule has 2 aromatic heterocycles. The van der Waals surface area contributed by atoms with Gasteiger partial charge in [0.05, 0.1) is 37.0 Å². The van der Waals surface area contributed by atoms with Gasteiger partial charge >= 0.3 is 11.9 Å². The highest BCUT2D eigenvalue weighted by Gasteiger charge is 2.55. The Balaban J connectivity index is 1.31. The summed E-state index contributed by atoms with van der Waals surface area (Å²) in [6, 6.07) is 8.53. The number of benzene rings is 2. The number of hydrogen-bond donors (Lipinski definition) is 1. The van der Waals surface area contributed by atoms with Gasteiger partial charge in [-0.15, -0.1) is 11.3 Å². The van der Waals surface area contributed by atoms with Crippen molar-refractivity contribution in [2.75, 3.05) is 11.4 Å². The minimum atomic E-state index is -1.04. The Morgan fingerprint density at radius 1 is 1.18 bits per heavy atom. The lowest BCUT2D eigenvalue weighted by Gasteiger charge is -2.40. The van der Waals surface area contributed by atoms with Gasteiger partial charge in [-0.05, 0) is 49.4 Å². The third kappa shape index (κ3) is 3.71. The summed E-state index contributed by atoms with van der Waals surface area (Å²) in [6.07, 6.45) is 3.86. The number of carboxylic acids is 1. The van der Waals surface area contributed by atoms with Gasteiger partial charge in [-0.25, -0.2) is 14.6 Å². The molecule has 38 heavy (non-hydrogen) atoms. The Kier molecular flexibility index (Phi) is 5.48. The van der Waals surface area contributed by atoms with E-state index < -0.39 is 17.7 Å². The number of thiazole rings is 1. The zero-order valence-electron chi connectivity index (χ0n) is 19.9. The highest BCUT2D eigenvalue weighted by atomic mass is 35.5. The van der Waals surface area contributed by atoms with E-state index in [0.717, 1.165) is 24.0 Å². The number of halogens is 2. The number of fused-ring (bicyclic) bond motifs is 3. The van der Waals surface area contributed by atoms with Crippen molar-refractivity contribution < 1.29 is 24.0 Å². The molecule has 3 aliphatic rings. The number of nitrogens with zero attached hydrogens (tertiary/aromatic N) is 3. The second kappa shape index (κ2) is 8.69. The molecule has 3 heterocycles. The van der Waals surface area contributed by atoms with Gasteiger partial charge in [0, 0.05) is 30.9 Å². The van der Waals surface area contributed by atoms with E-state index in [9.17, 15) is 14.7 Å². The second-order valence-electron chi connectivity index (χ2n) is 10.2. The average molecular weight is 570 g/mol. The Morgan fingerprint density at radius 2 is 1.97 bits per heavy atom. The summed E-state index contributed by atoms with van der Waals surface area (Å²) < 4.78 is 12.9. The zero-order valence-corrected chi connectivity index (χ0v) is 22.3. The molecule has 1 saturated heterocycles. The van der Waals surface area contributed by atoms with E-state index in [1.165, 1.54) is 11.3 Å². The Morgan fingerprint density at radius 3 is 2.68 bits per heavy atom. The maximum Gasteiger partial charge on any atom is 0.346 e. The lowest BCUT2D eigenvalue weighted by Crippen LogP contribution is -2.49. The fourth-order valence-corrected chi connectivity index (χ4v) is 7.18. The fraction of sp³-hybridized carbons (Fsp3) is 0.333. The standard InChI is InChI=1S/C27H21Cl2N3O5S/c28-16-2-1-3-17(29)21(16)23-22(24(37-31-23)14-4-5-14)26(35)36-27-7-6-13(10-27)11-32(27)19-9-18-20(38-12-30-18)8-15(19)25(33)34/h1-3,8-9,12-14H,4-7,10-11H2,(H,33,34)/t13-,27-/m0/s1. The molecular formula is C27H21Cl2N3O5S. The van der Waals surface area contributed by atoms with E-state index in [0.29, 0.717) is 52.0 Å². The third-order valence-electron chi connectivity index (χ3n) is 7.81. The van der Waals surface area contributed by atoms with Crippen LogP contribution in [-0.2, 0) is 4.74 Å². The number of carbonyl (C=O) groups excluding carboxylic acids is 1. The van der Waals surface area contributed by atoms with Gasteiger partial charge in [0.2, 0.25) is 0 Å². The summed E-state index contributed by atoms with van der Waals surface area (Å²) in [4.78, 5) is 32.6. The van der Waals surface area contributed by atoms with Crippen molar-refractivity contribution in [1.29, 1.82) is 0 Å². The van der Waals surface area contributed by atoms with Crippen LogP contribution in [0.4, 0.5) is 5.69 Å². The summed E-state index contributed by atoms with van der Waals surface area (Å²) in [5, 5.41) is 15.0. The van der Waals surface area contributed by atoms with Crippen molar-refractivity contribution in [3.8, 4) is 11.3 Å². The number of anilines is 1. The average Bonchev–Trinajstić information content (AvgIpc) is 3.22. The number of aromatic nitrogens is 2. The quantitative estimate of drug-likeness (QED) is 0.247. The van der Waals surface area contributed by atoms with Crippen LogP contribution in [0.2, 0.25) is 10.0 Å². The molecule has 194 valence electrons. The number of carboxylic acid groups (broad SMARTS) is 1. The minimum Gasteiger partial charge on any atom is -0.478 e. The normalized spacial score (nSPS) is 22.4. The van der Waals surface area contributed by atoms with Gasteiger partial charge in [0.25, 0.3) is 0 Å². The lowest BCUT2D eigenvalue weighted by atomic mass is 10.0. The SMILES string of the molecule is O=C(O)c1cc2scnc2cc1N1C[C@H]2CC[C@]1(OC(=O)c1c(-c3c(Cl)cccc3Cl)noc1C1CC1)C2. The molecule has 7 rings (SSSR count). The number of hydrogen-bond acceptors (Lipinski definition) is 8. The molecule has 0 spiro atoms. The summed E-state index contributed by atoms with van der Waals surface area (Å²) in [5.41, 5.74) is 3.01. The molecule has 0 amide bonds. The molecule has 8 nitrogen and oxygen atoms in total. The van der Waals surface area contributed by atoms with Gasteiger partial charge in [-0.3, -0.25) is 0 Å². The molecule has 1 aliphatic heterocycles. The number of esters is 1. The second-order valence-corrected chi connectivity index (χ2v) is 11.9. The molecule has 4 aromatic rings.